The molecule has 0 aromatic carbocycles. The van der Waals surface area contributed by atoms with Crippen LogP contribution >= 0.6 is 23.2 Å². The molecule has 0 aliphatic carbocycles. The molecule has 0 aliphatic heterocycles. The van der Waals surface area contributed by atoms with Crippen LogP contribution < -0.4 is 10.6 Å². The molecule has 7 nitrogen and oxygen atoms in total. The molecule has 0 unspecified atom stereocenters. The molecule has 2 aromatic heterocycles. The van der Waals surface area contributed by atoms with Gasteiger partial charge in [0.15, 0.2) is 5.76 Å². The Kier molecular flexibility index (Phi) is 5.67. The van der Waals surface area contributed by atoms with E-state index in [0.29, 0.717) is 0 Å². The zero-order chi connectivity index (χ0) is 19.5. The molecule has 2 rings (SSSR count). The first kappa shape index (κ1) is 19.9. The Morgan fingerprint density at radius 3 is 2.50 bits per heavy atom. The second-order valence-corrected chi connectivity index (χ2v) is 5.62. The predicted molar refractivity (Wildman–Crippen MR) is 84.9 cm³/mol. The lowest BCUT2D eigenvalue weighted by molar-refractivity contribution is -0.203. The average molecular weight is 412 g/mol. The Morgan fingerprint density at radius 1 is 1.31 bits per heavy atom. The van der Waals surface area contributed by atoms with E-state index < -0.39 is 35.3 Å². The van der Waals surface area contributed by atoms with Crippen molar-refractivity contribution >= 4 is 40.9 Å². The molecule has 0 bridgehead atoms. The first-order valence-electron chi connectivity index (χ1n) is 6.71. The molecule has 2 aromatic rings. The number of methoxy groups -OCH3 is 1. The highest BCUT2D eigenvalue weighted by Crippen LogP contribution is 2.35. The molecule has 26 heavy (non-hydrogen) atoms. The van der Waals surface area contributed by atoms with Crippen molar-refractivity contribution in [3.8, 4) is 0 Å². The lowest BCUT2D eigenvalue weighted by Crippen LogP contribution is -2.69. The minimum absolute atomic E-state index is 0.0517. The van der Waals surface area contributed by atoms with E-state index in [-0.39, 0.29) is 10.0 Å². The monoisotopic (exact) mass is 411 g/mol. The molecule has 0 aliphatic rings. The number of ether oxygens (including phenoxy) is 1. The lowest BCUT2D eigenvalue weighted by atomic mass is 10.1. The van der Waals surface area contributed by atoms with E-state index in [1.165, 1.54) is 11.4 Å². The van der Waals surface area contributed by atoms with Gasteiger partial charge in [-0.2, -0.15) is 13.2 Å². The summed E-state index contributed by atoms with van der Waals surface area (Å²) in [4.78, 5) is 27.7. The van der Waals surface area contributed by atoms with Crippen molar-refractivity contribution in [1.29, 1.82) is 0 Å². The maximum Gasteiger partial charge on any atom is 0.441 e. The van der Waals surface area contributed by atoms with Gasteiger partial charge in [-0.05, 0) is 18.2 Å². The number of halogens is 5. The number of amides is 1. The van der Waals surface area contributed by atoms with E-state index in [1.807, 2.05) is 0 Å². The highest BCUT2D eigenvalue weighted by Gasteiger charge is 2.64. The molecule has 0 spiro atoms. The normalized spacial score (nSPS) is 13.6. The summed E-state index contributed by atoms with van der Waals surface area (Å²) in [6.45, 7) is 0. The largest absolute Gasteiger partial charge is 0.466 e. The van der Waals surface area contributed by atoms with Crippen LogP contribution in [0.25, 0.3) is 0 Å². The zero-order valence-corrected chi connectivity index (χ0v) is 14.4. The van der Waals surface area contributed by atoms with Gasteiger partial charge < -0.3 is 19.8 Å². The predicted octanol–water partition coefficient (Wildman–Crippen LogP) is 3.25. The quantitative estimate of drug-likeness (QED) is 0.579. The van der Waals surface area contributed by atoms with Crippen LogP contribution in [0.3, 0.4) is 0 Å². The van der Waals surface area contributed by atoms with E-state index in [2.05, 4.69) is 9.72 Å². The summed E-state index contributed by atoms with van der Waals surface area (Å²) in [5.41, 5.74) is -3.68. The number of hydrogen-bond donors (Lipinski definition) is 2. The van der Waals surface area contributed by atoms with Crippen LogP contribution in [0.5, 0.6) is 0 Å². The summed E-state index contributed by atoms with van der Waals surface area (Å²) < 4.78 is 50.4. The van der Waals surface area contributed by atoms with E-state index in [1.54, 1.807) is 5.32 Å². The number of carbonyl (C=O) groups excluding carboxylic acids is 2. The van der Waals surface area contributed by atoms with Gasteiger partial charge in [0.25, 0.3) is 5.91 Å². The van der Waals surface area contributed by atoms with E-state index in [4.69, 9.17) is 27.6 Å². The van der Waals surface area contributed by atoms with Gasteiger partial charge in [0.1, 0.15) is 5.82 Å². The Balaban J connectivity index is 2.52. The van der Waals surface area contributed by atoms with E-state index in [9.17, 15) is 22.8 Å². The van der Waals surface area contributed by atoms with Gasteiger partial charge in [-0.15, -0.1) is 0 Å². The highest BCUT2D eigenvalue weighted by atomic mass is 35.5. The number of aromatic nitrogens is 1. The van der Waals surface area contributed by atoms with Crippen molar-refractivity contribution in [2.45, 2.75) is 11.8 Å². The minimum Gasteiger partial charge on any atom is -0.466 e. The first-order valence-corrected chi connectivity index (χ1v) is 7.46. The summed E-state index contributed by atoms with van der Waals surface area (Å²) in [5, 5.41) is 3.07. The summed E-state index contributed by atoms with van der Waals surface area (Å²) in [5.74, 6) is -4.19. The molecule has 0 radical (unpaired) electrons. The standard InChI is InChI=1S/C14H10Cl2F3N3O4/c1-25-12(24)13(14(17,18)19,22-11(23)9-3-2-4-26-9)21-10-8(16)5-7(15)6-20-10/h2-6H,1H3,(H,20,21)(H,22,23)/t13-/m1/s1. The number of nitrogens with zero attached hydrogens (tertiary/aromatic N) is 1. The van der Waals surface area contributed by atoms with Crippen molar-refractivity contribution in [2.24, 2.45) is 0 Å². The average Bonchev–Trinajstić information content (AvgIpc) is 3.09. The topological polar surface area (TPSA) is 93.5 Å². The summed E-state index contributed by atoms with van der Waals surface area (Å²) in [6.07, 6.45) is -3.26. The molecule has 12 heteroatoms. The molecular formula is C14H10Cl2F3N3O4. The number of alkyl halides is 3. The fourth-order valence-electron chi connectivity index (χ4n) is 1.87. The second kappa shape index (κ2) is 7.42. The van der Waals surface area contributed by atoms with Crippen LogP contribution in [0.2, 0.25) is 10.0 Å². The van der Waals surface area contributed by atoms with Crippen LogP contribution in [-0.2, 0) is 9.53 Å². The molecular weight excluding hydrogens is 402 g/mol. The maximum atomic E-state index is 13.8. The number of furan rings is 1. The van der Waals surface area contributed by atoms with Crippen molar-refractivity contribution in [1.82, 2.24) is 10.3 Å². The summed E-state index contributed by atoms with van der Waals surface area (Å²) >= 11 is 11.5. The molecule has 1 amide bonds. The van der Waals surface area contributed by atoms with Crippen LogP contribution in [-0.4, -0.2) is 35.8 Å². The van der Waals surface area contributed by atoms with Crippen LogP contribution in [0.1, 0.15) is 10.6 Å². The number of anilines is 1. The Bertz CT molecular complexity index is 814. The number of rotatable bonds is 5. The Labute approximate surface area is 154 Å². The highest BCUT2D eigenvalue weighted by molar-refractivity contribution is 6.36. The fourth-order valence-corrected chi connectivity index (χ4v) is 2.30. The Hall–Kier alpha value is -2.46. The number of esters is 1. The number of hydrogen-bond acceptors (Lipinski definition) is 6. The van der Waals surface area contributed by atoms with Gasteiger partial charge in [0, 0.05) is 6.20 Å². The number of pyridine rings is 1. The van der Waals surface area contributed by atoms with Gasteiger partial charge in [-0.1, -0.05) is 23.2 Å². The fraction of sp³-hybridized carbons (Fsp3) is 0.214. The van der Waals surface area contributed by atoms with Gasteiger partial charge >= 0.3 is 17.8 Å². The van der Waals surface area contributed by atoms with Gasteiger partial charge in [-0.3, -0.25) is 4.79 Å². The van der Waals surface area contributed by atoms with Crippen LogP contribution in [0.4, 0.5) is 19.0 Å². The van der Waals surface area contributed by atoms with Crippen molar-refractivity contribution in [3.05, 3.63) is 46.5 Å². The third-order valence-electron chi connectivity index (χ3n) is 3.08. The SMILES string of the molecule is COC(=O)[C@](NC(=O)c1ccco1)(Nc1ncc(Cl)cc1Cl)C(F)(F)F. The smallest absolute Gasteiger partial charge is 0.441 e. The third kappa shape index (κ3) is 3.86. The lowest BCUT2D eigenvalue weighted by Gasteiger charge is -2.34. The number of carbonyl (C=O) groups is 2. The van der Waals surface area contributed by atoms with Crippen molar-refractivity contribution in [2.75, 3.05) is 12.4 Å². The van der Waals surface area contributed by atoms with Crippen molar-refractivity contribution in [3.63, 3.8) is 0 Å². The third-order valence-corrected chi connectivity index (χ3v) is 3.57. The van der Waals surface area contributed by atoms with E-state index in [0.717, 1.165) is 31.7 Å². The van der Waals surface area contributed by atoms with Gasteiger partial charge in [-0.25, -0.2) is 9.78 Å². The summed E-state index contributed by atoms with van der Waals surface area (Å²) in [7, 11) is 0.723. The Morgan fingerprint density at radius 2 is 2.00 bits per heavy atom. The maximum absolute atomic E-state index is 13.8. The zero-order valence-electron chi connectivity index (χ0n) is 12.9. The van der Waals surface area contributed by atoms with Gasteiger partial charge in [0.05, 0.1) is 23.4 Å². The molecule has 140 valence electrons. The molecule has 0 fully saturated rings. The van der Waals surface area contributed by atoms with E-state index >= 15 is 0 Å². The number of nitrogens with one attached hydrogen (secondary N) is 2. The minimum atomic E-state index is -5.34. The molecule has 0 saturated carbocycles. The van der Waals surface area contributed by atoms with Crippen LogP contribution in [0.15, 0.2) is 35.1 Å². The molecule has 1 atom stereocenters. The molecule has 0 saturated heterocycles. The first-order chi connectivity index (χ1) is 12.1. The second-order valence-electron chi connectivity index (χ2n) is 4.78. The molecule has 2 heterocycles. The summed E-state index contributed by atoms with van der Waals surface area (Å²) in [6, 6.07) is 3.50. The molecule has 2 N–H and O–H groups in total. The van der Waals surface area contributed by atoms with Crippen LogP contribution in [0, 0.1) is 0 Å². The van der Waals surface area contributed by atoms with Crippen molar-refractivity contribution < 1.29 is 31.9 Å². The van der Waals surface area contributed by atoms with Gasteiger partial charge in [0.2, 0.25) is 0 Å².